The third kappa shape index (κ3) is 3.66. The Morgan fingerprint density at radius 3 is 2.58 bits per heavy atom. The van der Waals surface area contributed by atoms with E-state index in [9.17, 15) is 9.18 Å². The largest absolute Gasteiger partial charge is 0.365 e. The molecule has 1 N–H and O–H groups in total. The van der Waals surface area contributed by atoms with Gasteiger partial charge in [-0.1, -0.05) is 41.9 Å². The molecule has 0 saturated heterocycles. The molecule has 3 aromatic carbocycles. The number of anilines is 2. The molecule has 0 radical (unpaired) electrons. The minimum atomic E-state index is -0.439. The van der Waals surface area contributed by atoms with E-state index in [1.165, 1.54) is 18.2 Å². The monoisotopic (exact) mass is 342 g/mol. The molecule has 3 rings (SSSR count). The predicted octanol–water partition coefficient (Wildman–Crippen LogP) is 4.71. The van der Waals surface area contributed by atoms with Gasteiger partial charge in [0.25, 0.3) is 0 Å². The molecule has 0 aliphatic carbocycles. The van der Waals surface area contributed by atoms with E-state index < -0.39 is 5.82 Å². The Morgan fingerprint density at radius 1 is 1.08 bits per heavy atom. The number of benzene rings is 3. The van der Waals surface area contributed by atoms with Gasteiger partial charge in [0.1, 0.15) is 5.82 Å². The van der Waals surface area contributed by atoms with E-state index in [2.05, 4.69) is 5.32 Å². The third-order valence-electron chi connectivity index (χ3n) is 3.76. The fourth-order valence-corrected chi connectivity index (χ4v) is 2.72. The summed E-state index contributed by atoms with van der Waals surface area (Å²) in [6.07, 6.45) is 0. The van der Waals surface area contributed by atoms with Gasteiger partial charge in [0.15, 0.2) is 0 Å². The normalized spacial score (nSPS) is 10.6. The van der Waals surface area contributed by atoms with Gasteiger partial charge in [0, 0.05) is 12.7 Å². The number of nitrogens with zero attached hydrogens (tertiary/aromatic N) is 1. The molecule has 0 bridgehead atoms. The molecule has 0 unspecified atom stereocenters. The van der Waals surface area contributed by atoms with Crippen molar-refractivity contribution in [2.45, 2.75) is 0 Å². The lowest BCUT2D eigenvalue weighted by Crippen LogP contribution is -2.30. The van der Waals surface area contributed by atoms with E-state index in [0.717, 1.165) is 16.5 Å². The van der Waals surface area contributed by atoms with Crippen LogP contribution in [0, 0.1) is 5.82 Å². The smallest absolute Gasteiger partial charge is 0.243 e. The molecule has 0 aromatic heterocycles. The van der Waals surface area contributed by atoms with E-state index in [1.807, 2.05) is 54.4 Å². The second kappa shape index (κ2) is 6.89. The van der Waals surface area contributed by atoms with Crippen LogP contribution < -0.4 is 10.2 Å². The van der Waals surface area contributed by atoms with Crippen molar-refractivity contribution in [3.63, 3.8) is 0 Å². The molecular formula is C19H16ClFN2O. The number of hydrogen-bond acceptors (Lipinski definition) is 2. The highest BCUT2D eigenvalue weighted by Crippen LogP contribution is 2.23. The molecule has 1 amide bonds. The van der Waals surface area contributed by atoms with Gasteiger partial charge in [-0.3, -0.25) is 4.79 Å². The van der Waals surface area contributed by atoms with Crippen molar-refractivity contribution in [1.29, 1.82) is 0 Å². The molecule has 0 fully saturated rings. The lowest BCUT2D eigenvalue weighted by Gasteiger charge is -2.19. The van der Waals surface area contributed by atoms with E-state index >= 15 is 0 Å². The summed E-state index contributed by atoms with van der Waals surface area (Å²) in [7, 11) is 1.84. The summed E-state index contributed by atoms with van der Waals surface area (Å²) in [6.45, 7) is 0.159. The highest BCUT2D eigenvalue weighted by molar-refractivity contribution is 6.33. The van der Waals surface area contributed by atoms with Crippen LogP contribution in [0.1, 0.15) is 0 Å². The summed E-state index contributed by atoms with van der Waals surface area (Å²) in [5.74, 6) is -0.662. The van der Waals surface area contributed by atoms with Gasteiger partial charge in [-0.15, -0.1) is 0 Å². The topological polar surface area (TPSA) is 32.3 Å². The summed E-state index contributed by atoms with van der Waals surface area (Å²) in [5, 5.41) is 5.14. The number of hydrogen-bond donors (Lipinski definition) is 1. The molecule has 5 heteroatoms. The van der Waals surface area contributed by atoms with Crippen molar-refractivity contribution in [3.05, 3.63) is 71.5 Å². The first-order chi connectivity index (χ1) is 11.5. The molecule has 3 aromatic rings. The molecule has 0 atom stereocenters. The molecule has 0 aliphatic rings. The Kier molecular flexibility index (Phi) is 4.67. The average Bonchev–Trinajstić information content (AvgIpc) is 2.57. The summed E-state index contributed by atoms with van der Waals surface area (Å²) < 4.78 is 13.0. The Labute approximate surface area is 144 Å². The standard InChI is InChI=1S/C19H16ClFN2O/c1-23(16-8-6-13-4-2-3-5-14(13)10-16)12-19(24)22-18-9-7-15(21)11-17(18)20/h2-11H,12H2,1H3,(H,22,24). The molecule has 0 spiro atoms. The van der Waals surface area contributed by atoms with Crippen molar-refractivity contribution in [3.8, 4) is 0 Å². The first kappa shape index (κ1) is 16.3. The number of halogens is 2. The van der Waals surface area contributed by atoms with Gasteiger partial charge in [-0.25, -0.2) is 4.39 Å². The van der Waals surface area contributed by atoms with Crippen molar-refractivity contribution >= 4 is 39.7 Å². The van der Waals surface area contributed by atoms with Crippen LogP contribution in [0.25, 0.3) is 10.8 Å². The average molecular weight is 343 g/mol. The molecular weight excluding hydrogens is 327 g/mol. The Balaban J connectivity index is 1.70. The van der Waals surface area contributed by atoms with Gasteiger partial charge in [0.05, 0.1) is 17.3 Å². The zero-order valence-electron chi connectivity index (χ0n) is 13.1. The van der Waals surface area contributed by atoms with Crippen LogP contribution in [0.5, 0.6) is 0 Å². The fourth-order valence-electron chi connectivity index (χ4n) is 2.50. The maximum absolute atomic E-state index is 13.0. The van der Waals surface area contributed by atoms with Crippen LogP contribution in [-0.4, -0.2) is 19.5 Å². The Hall–Kier alpha value is -2.59. The second-order valence-electron chi connectivity index (χ2n) is 5.56. The van der Waals surface area contributed by atoms with Crippen LogP contribution in [0.2, 0.25) is 5.02 Å². The maximum atomic E-state index is 13.0. The van der Waals surface area contributed by atoms with Crippen LogP contribution in [0.3, 0.4) is 0 Å². The molecule has 122 valence electrons. The third-order valence-corrected chi connectivity index (χ3v) is 4.07. The maximum Gasteiger partial charge on any atom is 0.243 e. The predicted molar refractivity (Wildman–Crippen MR) is 97.3 cm³/mol. The van der Waals surface area contributed by atoms with Gasteiger partial charge < -0.3 is 10.2 Å². The summed E-state index contributed by atoms with van der Waals surface area (Å²) >= 11 is 5.92. The zero-order valence-corrected chi connectivity index (χ0v) is 13.8. The first-order valence-electron chi connectivity index (χ1n) is 7.48. The molecule has 0 saturated carbocycles. The number of carbonyl (C=O) groups excluding carboxylic acids is 1. The van der Waals surface area contributed by atoms with E-state index in [1.54, 1.807) is 0 Å². The Bertz CT molecular complexity index is 897. The number of carbonyl (C=O) groups is 1. The molecule has 0 heterocycles. The van der Waals surface area contributed by atoms with Crippen LogP contribution in [0.15, 0.2) is 60.7 Å². The van der Waals surface area contributed by atoms with E-state index in [0.29, 0.717) is 5.69 Å². The highest BCUT2D eigenvalue weighted by Gasteiger charge is 2.10. The van der Waals surface area contributed by atoms with Gasteiger partial charge in [-0.05, 0) is 41.1 Å². The van der Waals surface area contributed by atoms with Crippen LogP contribution >= 0.6 is 11.6 Å². The van der Waals surface area contributed by atoms with Gasteiger partial charge in [-0.2, -0.15) is 0 Å². The Morgan fingerprint density at radius 2 is 1.83 bits per heavy atom. The summed E-state index contributed by atoms with van der Waals surface area (Å²) in [6, 6.07) is 18.0. The molecule has 3 nitrogen and oxygen atoms in total. The van der Waals surface area contributed by atoms with Crippen LogP contribution in [-0.2, 0) is 4.79 Å². The van der Waals surface area contributed by atoms with Crippen molar-refractivity contribution < 1.29 is 9.18 Å². The minimum Gasteiger partial charge on any atom is -0.365 e. The van der Waals surface area contributed by atoms with Crippen molar-refractivity contribution in [2.75, 3.05) is 23.8 Å². The fraction of sp³-hybridized carbons (Fsp3) is 0.105. The van der Waals surface area contributed by atoms with Gasteiger partial charge in [0.2, 0.25) is 5.91 Å². The summed E-state index contributed by atoms with van der Waals surface area (Å²) in [4.78, 5) is 14.0. The second-order valence-corrected chi connectivity index (χ2v) is 5.97. The van der Waals surface area contributed by atoms with E-state index in [-0.39, 0.29) is 17.5 Å². The lowest BCUT2D eigenvalue weighted by atomic mass is 10.1. The van der Waals surface area contributed by atoms with E-state index in [4.69, 9.17) is 11.6 Å². The quantitative estimate of drug-likeness (QED) is 0.745. The summed E-state index contributed by atoms with van der Waals surface area (Å²) in [5.41, 5.74) is 1.34. The SMILES string of the molecule is CN(CC(=O)Nc1ccc(F)cc1Cl)c1ccc2ccccc2c1. The van der Waals surface area contributed by atoms with Crippen LogP contribution in [0.4, 0.5) is 15.8 Å². The first-order valence-corrected chi connectivity index (χ1v) is 7.85. The minimum absolute atomic E-state index is 0.159. The van der Waals surface area contributed by atoms with Crippen molar-refractivity contribution in [2.24, 2.45) is 0 Å². The number of likely N-dealkylation sites (N-methyl/N-ethyl adjacent to an activating group) is 1. The highest BCUT2D eigenvalue weighted by atomic mass is 35.5. The number of amides is 1. The van der Waals surface area contributed by atoms with Crippen molar-refractivity contribution in [1.82, 2.24) is 0 Å². The lowest BCUT2D eigenvalue weighted by molar-refractivity contribution is -0.114. The number of fused-ring (bicyclic) bond motifs is 1. The number of rotatable bonds is 4. The molecule has 0 aliphatic heterocycles. The van der Waals surface area contributed by atoms with Gasteiger partial charge >= 0.3 is 0 Å². The molecule has 24 heavy (non-hydrogen) atoms. The zero-order chi connectivity index (χ0) is 17.1. The number of nitrogens with one attached hydrogen (secondary N) is 1.